The van der Waals surface area contributed by atoms with E-state index in [9.17, 15) is 4.79 Å². The van der Waals surface area contributed by atoms with E-state index in [1.54, 1.807) is 13.2 Å². The summed E-state index contributed by atoms with van der Waals surface area (Å²) in [6, 6.07) is 17.2. The van der Waals surface area contributed by atoms with E-state index in [0.717, 1.165) is 27.8 Å². The summed E-state index contributed by atoms with van der Waals surface area (Å²) in [5.41, 5.74) is 2.60. The first-order chi connectivity index (χ1) is 10.8. The molecule has 1 N–H and O–H groups in total. The molecule has 0 spiro atoms. The normalized spacial score (nSPS) is 11.1. The van der Waals surface area contributed by atoms with Crippen LogP contribution in [0.25, 0.3) is 33.1 Å². The van der Waals surface area contributed by atoms with E-state index in [4.69, 9.17) is 9.15 Å². The van der Waals surface area contributed by atoms with E-state index in [1.165, 1.54) is 0 Å². The first kappa shape index (κ1) is 12.7. The largest absolute Gasteiger partial charge is 0.497 e. The van der Waals surface area contributed by atoms with Gasteiger partial charge in [0.2, 0.25) is 0 Å². The van der Waals surface area contributed by atoms with E-state index in [1.807, 2.05) is 48.5 Å². The Morgan fingerprint density at radius 1 is 1.00 bits per heavy atom. The summed E-state index contributed by atoms with van der Waals surface area (Å²) in [5, 5.41) is 1.80. The van der Waals surface area contributed by atoms with Crippen molar-refractivity contribution in [3.63, 3.8) is 0 Å². The smallest absolute Gasteiger partial charge is 0.360 e. The summed E-state index contributed by atoms with van der Waals surface area (Å²) in [6.07, 6.45) is 0. The summed E-state index contributed by atoms with van der Waals surface area (Å²) < 4.78 is 10.5. The van der Waals surface area contributed by atoms with Crippen molar-refractivity contribution >= 4 is 21.9 Å². The fourth-order valence-electron chi connectivity index (χ4n) is 2.68. The maximum absolute atomic E-state index is 12.1. The van der Waals surface area contributed by atoms with Crippen molar-refractivity contribution in [3.05, 3.63) is 65.0 Å². The van der Waals surface area contributed by atoms with Crippen LogP contribution in [-0.4, -0.2) is 12.1 Å². The van der Waals surface area contributed by atoms with Crippen LogP contribution < -0.4 is 10.4 Å². The van der Waals surface area contributed by atoms with Crippen LogP contribution in [0, 0.1) is 0 Å². The third-order valence-electron chi connectivity index (χ3n) is 3.80. The van der Waals surface area contributed by atoms with E-state index in [2.05, 4.69) is 4.98 Å². The Balaban J connectivity index is 1.98. The highest BCUT2D eigenvalue weighted by Gasteiger charge is 2.11. The fraction of sp³-hybridized carbons (Fsp3) is 0.0556. The predicted molar refractivity (Wildman–Crippen MR) is 86.3 cm³/mol. The van der Waals surface area contributed by atoms with E-state index in [-0.39, 0.29) is 5.63 Å². The third kappa shape index (κ3) is 1.89. The number of nitrogens with one attached hydrogen (secondary N) is 1. The Labute approximate surface area is 126 Å². The van der Waals surface area contributed by atoms with Crippen LogP contribution in [0.5, 0.6) is 5.75 Å². The third-order valence-corrected chi connectivity index (χ3v) is 3.80. The quantitative estimate of drug-likeness (QED) is 0.569. The van der Waals surface area contributed by atoms with Gasteiger partial charge in [0.25, 0.3) is 0 Å². The van der Waals surface area contributed by atoms with E-state index < -0.39 is 0 Å². The predicted octanol–water partition coefficient (Wildman–Crippen LogP) is 3.95. The van der Waals surface area contributed by atoms with Crippen molar-refractivity contribution in [3.8, 4) is 17.0 Å². The number of fused-ring (bicyclic) bond motifs is 3. The molecule has 0 fully saturated rings. The average Bonchev–Trinajstić information content (AvgIpc) is 3.01. The molecule has 4 rings (SSSR count). The fourth-order valence-corrected chi connectivity index (χ4v) is 2.68. The molecule has 2 aromatic carbocycles. The van der Waals surface area contributed by atoms with Crippen LogP contribution in [-0.2, 0) is 0 Å². The lowest BCUT2D eigenvalue weighted by molar-refractivity contribution is 0.415. The topological polar surface area (TPSA) is 55.2 Å². The highest BCUT2D eigenvalue weighted by atomic mass is 16.5. The van der Waals surface area contributed by atoms with Crippen LogP contribution in [0.15, 0.2) is 63.8 Å². The molecular formula is C18H13NO3. The summed E-state index contributed by atoms with van der Waals surface area (Å²) in [5.74, 6) is 0.796. The molecule has 0 aliphatic carbocycles. The molecular weight excluding hydrogens is 278 g/mol. The number of para-hydroxylation sites is 1. The van der Waals surface area contributed by atoms with E-state index in [0.29, 0.717) is 11.1 Å². The van der Waals surface area contributed by atoms with Gasteiger partial charge < -0.3 is 14.1 Å². The van der Waals surface area contributed by atoms with Gasteiger partial charge in [0, 0.05) is 16.5 Å². The molecule has 0 radical (unpaired) electrons. The first-order valence-corrected chi connectivity index (χ1v) is 6.95. The number of aromatic amines is 1. The standard InChI is InChI=1S/C18H13NO3/c1-21-12-8-6-11(7-9-12)15-10-14-13-4-2-3-5-16(13)22-18(20)17(14)19-15/h2-10,19H,1H3. The van der Waals surface area contributed by atoms with Gasteiger partial charge in [-0.1, -0.05) is 18.2 Å². The van der Waals surface area contributed by atoms with Crippen molar-refractivity contribution in [2.45, 2.75) is 0 Å². The molecule has 4 aromatic rings. The summed E-state index contributed by atoms with van der Waals surface area (Å²) in [4.78, 5) is 15.3. The minimum atomic E-state index is -0.353. The van der Waals surface area contributed by atoms with Gasteiger partial charge in [-0.3, -0.25) is 0 Å². The number of methoxy groups -OCH3 is 1. The summed E-state index contributed by atoms with van der Waals surface area (Å²) in [7, 11) is 1.63. The number of hydrogen-bond donors (Lipinski definition) is 1. The lowest BCUT2D eigenvalue weighted by Gasteiger charge is -2.00. The Kier molecular flexibility index (Phi) is 2.76. The first-order valence-electron chi connectivity index (χ1n) is 6.95. The maximum atomic E-state index is 12.1. The Morgan fingerprint density at radius 3 is 2.55 bits per heavy atom. The van der Waals surface area contributed by atoms with Gasteiger partial charge in [-0.2, -0.15) is 0 Å². The van der Waals surface area contributed by atoms with Crippen LogP contribution >= 0.6 is 0 Å². The molecule has 0 aliphatic rings. The highest BCUT2D eigenvalue weighted by Crippen LogP contribution is 2.28. The second-order valence-electron chi connectivity index (χ2n) is 5.09. The molecule has 0 atom stereocenters. The molecule has 0 unspecified atom stereocenters. The molecule has 4 nitrogen and oxygen atoms in total. The molecule has 108 valence electrons. The van der Waals surface area contributed by atoms with Gasteiger partial charge in [0.05, 0.1) is 7.11 Å². The van der Waals surface area contributed by atoms with Crippen LogP contribution in [0.3, 0.4) is 0 Å². The zero-order valence-electron chi connectivity index (χ0n) is 11.9. The molecule has 22 heavy (non-hydrogen) atoms. The minimum Gasteiger partial charge on any atom is -0.497 e. The number of benzene rings is 2. The molecule has 0 amide bonds. The van der Waals surface area contributed by atoms with Crippen molar-refractivity contribution < 1.29 is 9.15 Å². The van der Waals surface area contributed by atoms with Gasteiger partial charge in [-0.05, 0) is 42.0 Å². The Hall–Kier alpha value is -3.01. The number of H-pyrrole nitrogens is 1. The number of ether oxygens (including phenoxy) is 1. The van der Waals surface area contributed by atoms with Gasteiger partial charge >= 0.3 is 5.63 Å². The molecule has 0 saturated heterocycles. The maximum Gasteiger partial charge on any atom is 0.360 e. The molecule has 0 saturated carbocycles. The van der Waals surface area contributed by atoms with Crippen molar-refractivity contribution in [1.82, 2.24) is 4.98 Å². The van der Waals surface area contributed by atoms with Crippen molar-refractivity contribution in [2.24, 2.45) is 0 Å². The molecule has 0 aliphatic heterocycles. The van der Waals surface area contributed by atoms with Gasteiger partial charge in [0.1, 0.15) is 16.8 Å². The van der Waals surface area contributed by atoms with Crippen LogP contribution in [0.4, 0.5) is 0 Å². The average molecular weight is 291 g/mol. The van der Waals surface area contributed by atoms with Gasteiger partial charge in [0.15, 0.2) is 0 Å². The zero-order valence-corrected chi connectivity index (χ0v) is 11.9. The lowest BCUT2D eigenvalue weighted by Crippen LogP contribution is -1.99. The number of rotatable bonds is 2. The molecule has 2 aromatic heterocycles. The number of hydrogen-bond acceptors (Lipinski definition) is 3. The molecule has 2 heterocycles. The monoisotopic (exact) mass is 291 g/mol. The Morgan fingerprint density at radius 2 is 1.77 bits per heavy atom. The van der Waals surface area contributed by atoms with Crippen molar-refractivity contribution in [2.75, 3.05) is 7.11 Å². The van der Waals surface area contributed by atoms with Gasteiger partial charge in [-0.25, -0.2) is 4.79 Å². The second-order valence-corrected chi connectivity index (χ2v) is 5.09. The molecule has 4 heteroatoms. The second kappa shape index (κ2) is 4.77. The molecule has 0 bridgehead atoms. The lowest BCUT2D eigenvalue weighted by atomic mass is 10.1. The summed E-state index contributed by atoms with van der Waals surface area (Å²) >= 11 is 0. The SMILES string of the molecule is COc1ccc(-c2cc3c([nH]2)c(=O)oc2ccccc23)cc1. The minimum absolute atomic E-state index is 0.353. The summed E-state index contributed by atoms with van der Waals surface area (Å²) in [6.45, 7) is 0. The van der Waals surface area contributed by atoms with Crippen molar-refractivity contribution in [1.29, 1.82) is 0 Å². The number of aromatic nitrogens is 1. The highest BCUT2D eigenvalue weighted by molar-refractivity contribution is 6.05. The Bertz CT molecular complexity index is 1030. The van der Waals surface area contributed by atoms with Crippen LogP contribution in [0.2, 0.25) is 0 Å². The van der Waals surface area contributed by atoms with Gasteiger partial charge in [-0.15, -0.1) is 0 Å². The van der Waals surface area contributed by atoms with Crippen LogP contribution in [0.1, 0.15) is 0 Å². The van der Waals surface area contributed by atoms with E-state index >= 15 is 0 Å². The zero-order chi connectivity index (χ0) is 15.1.